The highest BCUT2D eigenvalue weighted by Gasteiger charge is 2.61. The third-order valence-corrected chi connectivity index (χ3v) is 5.97. The summed E-state index contributed by atoms with van der Waals surface area (Å²) >= 11 is 0. The molecule has 0 amide bonds. The van der Waals surface area contributed by atoms with Crippen LogP contribution in [0.5, 0.6) is 0 Å². The molecular weight excluding hydrogens is 272 g/mol. The molecular formula is C19H32N2O. The normalized spacial score (nSPS) is 44.2. The zero-order chi connectivity index (χ0) is 16.1. The zero-order valence-corrected chi connectivity index (χ0v) is 15.0. The van der Waals surface area contributed by atoms with E-state index < -0.39 is 0 Å². The highest BCUT2D eigenvalue weighted by Crippen LogP contribution is 2.48. The van der Waals surface area contributed by atoms with E-state index in [2.05, 4.69) is 50.5 Å². The van der Waals surface area contributed by atoms with Gasteiger partial charge in [-0.1, -0.05) is 32.4 Å². The minimum atomic E-state index is -0.118. The van der Waals surface area contributed by atoms with Crippen molar-refractivity contribution in [2.45, 2.75) is 60.0 Å². The number of rotatable bonds is 5. The topological polar surface area (TPSA) is 23.6 Å². The molecule has 4 saturated heterocycles. The molecule has 3 nitrogen and oxygen atoms in total. The lowest BCUT2D eigenvalue weighted by molar-refractivity contribution is -0.197. The van der Waals surface area contributed by atoms with Crippen LogP contribution in [0.15, 0.2) is 11.6 Å². The van der Waals surface area contributed by atoms with Crippen LogP contribution >= 0.6 is 0 Å². The Kier molecular flexibility index (Phi) is 4.01. The third kappa shape index (κ3) is 2.67. The third-order valence-electron chi connectivity index (χ3n) is 5.97. The second kappa shape index (κ2) is 5.45. The van der Waals surface area contributed by atoms with Crippen molar-refractivity contribution in [3.8, 4) is 0 Å². The van der Waals surface area contributed by atoms with Crippen LogP contribution in [0.2, 0.25) is 0 Å². The molecule has 4 bridgehead atoms. The fraction of sp³-hybridized carbons (Fsp3) is 0.842. The van der Waals surface area contributed by atoms with Gasteiger partial charge < -0.3 is 0 Å². The van der Waals surface area contributed by atoms with Gasteiger partial charge in [0.2, 0.25) is 0 Å². The van der Waals surface area contributed by atoms with Gasteiger partial charge in [0.15, 0.2) is 0 Å². The van der Waals surface area contributed by atoms with Crippen LogP contribution in [0.1, 0.15) is 53.9 Å². The van der Waals surface area contributed by atoms with E-state index in [0.29, 0.717) is 11.9 Å². The Hall–Kier alpha value is -0.670. The minimum Gasteiger partial charge on any atom is -0.298 e. The highest BCUT2D eigenvalue weighted by atomic mass is 16.1. The molecule has 0 aromatic heterocycles. The molecule has 4 aliphatic heterocycles. The standard InChI is InChI=1S/C19H32N2O/c1-14(2)7-6-8-15(3)9-16-20-10-18(4)11-21(16)13-19(5,12-20)17(18)22/h7,15-16H,6,8-13H2,1-5H3. The minimum absolute atomic E-state index is 0.118. The van der Waals surface area contributed by atoms with Gasteiger partial charge in [-0.25, -0.2) is 0 Å². The summed E-state index contributed by atoms with van der Waals surface area (Å²) < 4.78 is 0. The van der Waals surface area contributed by atoms with Gasteiger partial charge in [0.25, 0.3) is 0 Å². The lowest BCUT2D eigenvalue weighted by Gasteiger charge is -2.65. The molecule has 0 aliphatic carbocycles. The van der Waals surface area contributed by atoms with E-state index in [1.165, 1.54) is 24.8 Å². The van der Waals surface area contributed by atoms with Crippen LogP contribution in [0, 0.1) is 16.7 Å². The van der Waals surface area contributed by atoms with Gasteiger partial charge >= 0.3 is 0 Å². The van der Waals surface area contributed by atoms with Gasteiger partial charge in [0.1, 0.15) is 5.78 Å². The first-order valence-corrected chi connectivity index (χ1v) is 8.90. The van der Waals surface area contributed by atoms with E-state index in [4.69, 9.17) is 0 Å². The van der Waals surface area contributed by atoms with Gasteiger partial charge in [0, 0.05) is 26.2 Å². The summed E-state index contributed by atoms with van der Waals surface area (Å²) in [6.45, 7) is 15.0. The zero-order valence-electron chi connectivity index (χ0n) is 15.0. The lowest BCUT2D eigenvalue weighted by Crippen LogP contribution is -2.78. The first-order valence-electron chi connectivity index (χ1n) is 8.90. The number of piperidine rings is 2. The van der Waals surface area contributed by atoms with E-state index in [0.717, 1.165) is 32.1 Å². The van der Waals surface area contributed by atoms with Crippen molar-refractivity contribution in [2.75, 3.05) is 26.2 Å². The summed E-state index contributed by atoms with van der Waals surface area (Å²) in [5.74, 6) is 1.26. The quantitative estimate of drug-likeness (QED) is 0.728. The number of ketones is 1. The summed E-state index contributed by atoms with van der Waals surface area (Å²) in [7, 11) is 0. The van der Waals surface area contributed by atoms with E-state index >= 15 is 0 Å². The number of carbonyl (C=O) groups is 1. The van der Waals surface area contributed by atoms with Gasteiger partial charge in [-0.15, -0.1) is 0 Å². The van der Waals surface area contributed by atoms with Crippen molar-refractivity contribution in [1.29, 1.82) is 0 Å². The molecule has 1 atom stereocenters. The van der Waals surface area contributed by atoms with Crippen molar-refractivity contribution >= 4 is 5.78 Å². The fourth-order valence-corrected chi connectivity index (χ4v) is 5.11. The SMILES string of the molecule is CC(C)=CCCC(C)CC1N2CC3(C)CN1CC(C)(C2)C3=O. The molecule has 4 heterocycles. The van der Waals surface area contributed by atoms with Crippen LogP contribution in [0.25, 0.3) is 0 Å². The Balaban J connectivity index is 1.64. The van der Waals surface area contributed by atoms with E-state index in [-0.39, 0.29) is 10.8 Å². The number of Topliss-reactive ketones (excluding diaryl/α,β-unsaturated/α-hetero) is 1. The maximum Gasteiger partial charge on any atom is 0.149 e. The second-order valence-corrected chi connectivity index (χ2v) is 8.94. The second-order valence-electron chi connectivity index (χ2n) is 8.94. The average molecular weight is 304 g/mol. The van der Waals surface area contributed by atoms with Crippen molar-refractivity contribution in [3.05, 3.63) is 11.6 Å². The van der Waals surface area contributed by atoms with Gasteiger partial charge in [0.05, 0.1) is 17.0 Å². The molecule has 4 rings (SSSR count). The summed E-state index contributed by atoms with van der Waals surface area (Å²) in [5.41, 5.74) is 1.19. The van der Waals surface area contributed by atoms with Gasteiger partial charge in [-0.05, 0) is 39.0 Å². The Morgan fingerprint density at radius 3 is 2.14 bits per heavy atom. The van der Waals surface area contributed by atoms with Crippen LogP contribution in [-0.4, -0.2) is 47.9 Å². The number of allylic oxidation sites excluding steroid dienone is 2. The molecule has 4 fully saturated rings. The predicted octanol–water partition coefficient (Wildman–Crippen LogP) is 3.31. The monoisotopic (exact) mass is 304 g/mol. The lowest BCUT2D eigenvalue weighted by atomic mass is 9.62. The highest BCUT2D eigenvalue weighted by molar-refractivity contribution is 5.92. The Morgan fingerprint density at radius 2 is 1.68 bits per heavy atom. The Bertz CT molecular complexity index is 452. The largest absolute Gasteiger partial charge is 0.298 e. The van der Waals surface area contributed by atoms with Crippen LogP contribution < -0.4 is 0 Å². The summed E-state index contributed by atoms with van der Waals surface area (Å²) in [4.78, 5) is 17.9. The van der Waals surface area contributed by atoms with Crippen LogP contribution in [0.3, 0.4) is 0 Å². The van der Waals surface area contributed by atoms with Crippen molar-refractivity contribution < 1.29 is 4.79 Å². The van der Waals surface area contributed by atoms with Crippen LogP contribution in [0.4, 0.5) is 0 Å². The van der Waals surface area contributed by atoms with E-state index in [1.807, 2.05) is 0 Å². The number of hydrogen-bond acceptors (Lipinski definition) is 3. The van der Waals surface area contributed by atoms with Crippen molar-refractivity contribution in [2.24, 2.45) is 16.7 Å². The number of nitrogens with zero attached hydrogens (tertiary/aromatic N) is 2. The Morgan fingerprint density at radius 1 is 1.18 bits per heavy atom. The molecule has 0 aromatic rings. The maximum absolute atomic E-state index is 12.7. The summed E-state index contributed by atoms with van der Waals surface area (Å²) in [5, 5.41) is 0. The predicted molar refractivity (Wildman–Crippen MR) is 90.6 cm³/mol. The molecule has 124 valence electrons. The Labute approximate surface area is 135 Å². The molecule has 0 aromatic carbocycles. The van der Waals surface area contributed by atoms with Gasteiger partial charge in [-0.2, -0.15) is 0 Å². The molecule has 0 N–H and O–H groups in total. The molecule has 1 unspecified atom stereocenters. The molecule has 3 heteroatoms. The first-order chi connectivity index (χ1) is 10.2. The maximum atomic E-state index is 12.7. The van der Waals surface area contributed by atoms with Crippen molar-refractivity contribution in [3.63, 3.8) is 0 Å². The number of carbonyl (C=O) groups excluding carboxylic acids is 1. The number of hydrogen-bond donors (Lipinski definition) is 0. The van der Waals surface area contributed by atoms with Gasteiger partial charge in [-0.3, -0.25) is 14.6 Å². The van der Waals surface area contributed by atoms with Crippen LogP contribution in [-0.2, 0) is 4.79 Å². The average Bonchev–Trinajstić information content (AvgIpc) is 2.38. The summed E-state index contributed by atoms with van der Waals surface area (Å²) in [6, 6.07) is 0. The molecule has 22 heavy (non-hydrogen) atoms. The van der Waals surface area contributed by atoms with E-state index in [1.54, 1.807) is 0 Å². The smallest absolute Gasteiger partial charge is 0.149 e. The molecule has 0 spiro atoms. The molecule has 0 saturated carbocycles. The fourth-order valence-electron chi connectivity index (χ4n) is 5.11. The molecule has 4 aliphatic rings. The first kappa shape index (κ1) is 16.2. The van der Waals surface area contributed by atoms with Crippen molar-refractivity contribution in [1.82, 2.24) is 9.80 Å². The molecule has 0 radical (unpaired) electrons. The van der Waals surface area contributed by atoms with E-state index in [9.17, 15) is 4.79 Å². The summed E-state index contributed by atoms with van der Waals surface area (Å²) in [6.07, 6.45) is 6.64.